The van der Waals surface area contributed by atoms with Gasteiger partial charge in [0.25, 0.3) is 0 Å². The van der Waals surface area contributed by atoms with Crippen molar-refractivity contribution >= 4 is 57.7 Å². The van der Waals surface area contributed by atoms with Gasteiger partial charge in [-0.15, -0.1) is 0 Å². The summed E-state index contributed by atoms with van der Waals surface area (Å²) in [6, 6.07) is 12.8. The van der Waals surface area contributed by atoms with E-state index in [0.29, 0.717) is 15.9 Å². The highest BCUT2D eigenvalue weighted by Gasteiger charge is 2.15. The molecular weight excluding hydrogens is 431 g/mol. The molecule has 29 heavy (non-hydrogen) atoms. The fourth-order valence-electron chi connectivity index (χ4n) is 2.91. The van der Waals surface area contributed by atoms with Crippen LogP contribution < -0.4 is 4.31 Å². The van der Waals surface area contributed by atoms with Crippen molar-refractivity contribution in [2.75, 3.05) is 10.8 Å². The van der Waals surface area contributed by atoms with Gasteiger partial charge in [0.05, 0.1) is 11.7 Å². The lowest BCUT2D eigenvalue weighted by Gasteiger charge is -2.22. The maximum Gasteiger partial charge on any atom is 0.324 e. The van der Waals surface area contributed by atoms with E-state index in [9.17, 15) is 9.90 Å². The van der Waals surface area contributed by atoms with Crippen LogP contribution in [-0.2, 0) is 4.79 Å². The van der Waals surface area contributed by atoms with E-state index >= 15 is 0 Å². The van der Waals surface area contributed by atoms with Crippen molar-refractivity contribution in [1.29, 1.82) is 0 Å². The smallest absolute Gasteiger partial charge is 0.324 e. The van der Waals surface area contributed by atoms with Crippen molar-refractivity contribution < 1.29 is 9.90 Å². The molecule has 4 rings (SSSR count). The molecule has 0 amide bonds. The lowest BCUT2D eigenvalue weighted by Crippen LogP contribution is -2.22. The summed E-state index contributed by atoms with van der Waals surface area (Å²) in [5.74, 6) is -0.233. The molecule has 0 fully saturated rings. The summed E-state index contributed by atoms with van der Waals surface area (Å²) in [5.41, 5.74) is 1.69. The van der Waals surface area contributed by atoms with Gasteiger partial charge in [-0.2, -0.15) is 0 Å². The third kappa shape index (κ3) is 4.48. The molecule has 2 aromatic heterocycles. The molecule has 0 unspecified atom stereocenters. The molecule has 146 valence electrons. The molecule has 2 heterocycles. The molecule has 0 atom stereocenters. The van der Waals surface area contributed by atoms with Crippen molar-refractivity contribution in [1.82, 2.24) is 14.5 Å². The van der Waals surface area contributed by atoms with E-state index in [1.807, 2.05) is 35.0 Å². The zero-order valence-electron chi connectivity index (χ0n) is 14.9. The summed E-state index contributed by atoms with van der Waals surface area (Å²) in [6.07, 6.45) is 6.85. The number of carboxylic acids is 1. The van der Waals surface area contributed by atoms with Crippen molar-refractivity contribution in [3.05, 3.63) is 77.3 Å². The Kier molecular flexibility index (Phi) is 5.62. The van der Waals surface area contributed by atoms with Crippen LogP contribution in [0.1, 0.15) is 0 Å². The van der Waals surface area contributed by atoms with E-state index in [0.717, 1.165) is 21.5 Å². The largest absolute Gasteiger partial charge is 0.480 e. The van der Waals surface area contributed by atoms with E-state index in [1.54, 1.807) is 41.1 Å². The van der Waals surface area contributed by atoms with Crippen LogP contribution in [-0.4, -0.2) is 32.2 Å². The number of benzene rings is 2. The van der Waals surface area contributed by atoms with E-state index < -0.39 is 5.97 Å². The molecule has 1 N–H and O–H groups in total. The summed E-state index contributed by atoms with van der Waals surface area (Å²) >= 11 is 13.4. The average molecular weight is 445 g/mol. The second kappa shape index (κ2) is 8.32. The Hall–Kier alpha value is -2.74. The summed E-state index contributed by atoms with van der Waals surface area (Å²) in [7, 11) is 0. The average Bonchev–Trinajstić information content (AvgIpc) is 3.10. The van der Waals surface area contributed by atoms with E-state index in [4.69, 9.17) is 23.2 Å². The Morgan fingerprint density at radius 1 is 1.10 bits per heavy atom. The molecule has 0 aliphatic rings. The fraction of sp³-hybridized carbons (Fsp3) is 0.0500. The number of aliphatic carboxylic acids is 1. The first-order valence-corrected chi connectivity index (χ1v) is 10.0. The predicted octanol–water partition coefficient (Wildman–Crippen LogP) is 5.33. The van der Waals surface area contributed by atoms with Gasteiger partial charge in [0.1, 0.15) is 6.54 Å². The summed E-state index contributed by atoms with van der Waals surface area (Å²) < 4.78 is 3.61. The van der Waals surface area contributed by atoms with Crippen LogP contribution in [0.3, 0.4) is 0 Å². The predicted molar refractivity (Wildman–Crippen MR) is 116 cm³/mol. The minimum absolute atomic E-state index is 0.189. The molecule has 0 aliphatic carbocycles. The zero-order valence-corrected chi connectivity index (χ0v) is 17.2. The number of hydrogen-bond donors (Lipinski definition) is 1. The van der Waals surface area contributed by atoms with E-state index in [2.05, 4.69) is 9.97 Å². The third-order valence-corrected chi connectivity index (χ3v) is 5.53. The lowest BCUT2D eigenvalue weighted by atomic mass is 10.2. The Bertz CT molecular complexity index is 1160. The van der Waals surface area contributed by atoms with Gasteiger partial charge in [-0.3, -0.25) is 14.3 Å². The molecule has 6 nitrogen and oxygen atoms in total. The quantitative estimate of drug-likeness (QED) is 0.405. The molecule has 0 aliphatic heterocycles. The Morgan fingerprint density at radius 3 is 2.59 bits per heavy atom. The molecule has 0 saturated heterocycles. The number of carboxylic acid groups (broad SMARTS) is 1. The third-order valence-electron chi connectivity index (χ3n) is 4.09. The van der Waals surface area contributed by atoms with Crippen molar-refractivity contribution in [2.24, 2.45) is 0 Å². The normalized spacial score (nSPS) is 11.0. The number of fused-ring (bicyclic) bond motifs is 1. The molecule has 2 aromatic carbocycles. The zero-order chi connectivity index (χ0) is 20.4. The van der Waals surface area contributed by atoms with Crippen LogP contribution in [0.25, 0.3) is 16.7 Å². The Balaban J connectivity index is 1.70. The number of hydrogen-bond acceptors (Lipinski definition) is 5. The van der Waals surface area contributed by atoms with Gasteiger partial charge in [-0.25, -0.2) is 4.98 Å². The maximum atomic E-state index is 11.4. The van der Waals surface area contributed by atoms with Gasteiger partial charge < -0.3 is 9.41 Å². The number of nitrogens with zero attached hydrogens (tertiary/aromatic N) is 4. The van der Waals surface area contributed by atoms with Crippen LogP contribution in [0.2, 0.25) is 10.0 Å². The number of rotatable bonds is 6. The fourth-order valence-corrected chi connectivity index (χ4v) is 4.57. The van der Waals surface area contributed by atoms with Crippen molar-refractivity contribution in [3.63, 3.8) is 0 Å². The molecule has 0 spiro atoms. The van der Waals surface area contributed by atoms with Gasteiger partial charge in [0.15, 0.2) is 5.82 Å². The van der Waals surface area contributed by atoms with Crippen molar-refractivity contribution in [3.8, 4) is 5.82 Å². The Labute approximate surface area is 180 Å². The number of halogens is 2. The monoisotopic (exact) mass is 444 g/mol. The second-order valence-corrected chi connectivity index (χ2v) is 8.09. The van der Waals surface area contributed by atoms with Crippen LogP contribution in [0.5, 0.6) is 0 Å². The van der Waals surface area contributed by atoms with E-state index in [-0.39, 0.29) is 6.54 Å². The maximum absolute atomic E-state index is 11.4. The molecule has 0 radical (unpaired) electrons. The SMILES string of the molecule is O=C(O)CN(Sc1cc(Cl)cc(Cl)c1)c1ccc2c(ccn2-c2cnccn2)c1. The van der Waals surface area contributed by atoms with Crippen LogP contribution >= 0.6 is 35.1 Å². The minimum atomic E-state index is -0.942. The first-order chi connectivity index (χ1) is 14.0. The van der Waals surface area contributed by atoms with Crippen LogP contribution in [0, 0.1) is 0 Å². The summed E-state index contributed by atoms with van der Waals surface area (Å²) in [4.78, 5) is 20.6. The molecule has 4 aromatic rings. The molecule has 0 bridgehead atoms. The van der Waals surface area contributed by atoms with Gasteiger partial charge in [-0.1, -0.05) is 23.2 Å². The summed E-state index contributed by atoms with van der Waals surface area (Å²) in [6.45, 7) is -0.189. The van der Waals surface area contributed by atoms with Crippen LogP contribution in [0.15, 0.2) is 72.1 Å². The van der Waals surface area contributed by atoms with Gasteiger partial charge >= 0.3 is 5.97 Å². The number of carbonyl (C=O) groups is 1. The van der Waals surface area contributed by atoms with Gasteiger partial charge in [0.2, 0.25) is 0 Å². The second-order valence-electron chi connectivity index (χ2n) is 6.12. The first-order valence-electron chi connectivity index (χ1n) is 8.50. The first kappa shape index (κ1) is 19.6. The molecular formula is C20H14Cl2N4O2S. The highest BCUT2D eigenvalue weighted by molar-refractivity contribution is 8.00. The highest BCUT2D eigenvalue weighted by Crippen LogP contribution is 2.34. The van der Waals surface area contributed by atoms with Crippen molar-refractivity contribution in [2.45, 2.75) is 4.90 Å². The molecule has 9 heteroatoms. The lowest BCUT2D eigenvalue weighted by molar-refractivity contribution is -0.135. The number of anilines is 1. The van der Waals surface area contributed by atoms with E-state index in [1.165, 1.54) is 11.9 Å². The highest BCUT2D eigenvalue weighted by atomic mass is 35.5. The number of aromatic nitrogens is 3. The van der Waals surface area contributed by atoms with Gasteiger partial charge in [0, 0.05) is 44.6 Å². The van der Waals surface area contributed by atoms with Gasteiger partial charge in [-0.05, 0) is 54.4 Å². The van der Waals surface area contributed by atoms with Crippen LogP contribution in [0.4, 0.5) is 5.69 Å². The molecule has 0 saturated carbocycles. The minimum Gasteiger partial charge on any atom is -0.480 e. The topological polar surface area (TPSA) is 71.2 Å². The Morgan fingerprint density at radius 2 is 1.90 bits per heavy atom. The summed E-state index contributed by atoms with van der Waals surface area (Å²) in [5, 5.41) is 11.3. The standard InChI is InChI=1S/C20H14Cl2N4O2S/c21-14-8-15(22)10-17(9-14)29-26(12-20(27)28)16-1-2-18-13(7-16)3-6-25(18)19-11-23-4-5-24-19/h1-11H,12H2,(H,27,28).